The molecule has 1 saturated heterocycles. The Hall–Kier alpha value is -2.90. The Morgan fingerprint density at radius 1 is 1.04 bits per heavy atom. The maximum absolute atomic E-state index is 12.4. The van der Waals surface area contributed by atoms with Gasteiger partial charge in [-0.05, 0) is 41.5 Å². The van der Waals surface area contributed by atoms with E-state index in [4.69, 9.17) is 21.6 Å². The van der Waals surface area contributed by atoms with Gasteiger partial charge in [-0.25, -0.2) is 0 Å². The van der Waals surface area contributed by atoms with E-state index in [9.17, 15) is 9.59 Å². The van der Waals surface area contributed by atoms with E-state index >= 15 is 0 Å². The number of ether oxygens (including phenoxy) is 1. The van der Waals surface area contributed by atoms with Crippen LogP contribution in [0.2, 0.25) is 5.02 Å². The third-order valence-corrected chi connectivity index (χ3v) is 3.74. The van der Waals surface area contributed by atoms with Crippen LogP contribution in [-0.2, 0) is 14.3 Å². The number of halogens is 1. The summed E-state index contributed by atoms with van der Waals surface area (Å²) in [5.41, 5.74) is 1.74. The molecule has 1 atom stereocenters. The summed E-state index contributed by atoms with van der Waals surface area (Å²) in [6, 6.07) is 15.2. The Kier molecular flexibility index (Phi) is 3.96. The van der Waals surface area contributed by atoms with Gasteiger partial charge in [0.25, 0.3) is 0 Å². The first-order valence-electron chi connectivity index (χ1n) is 6.82. The van der Waals surface area contributed by atoms with Crippen LogP contribution in [0, 0.1) is 11.3 Å². The molecule has 2 aromatic rings. The van der Waals surface area contributed by atoms with E-state index < -0.39 is 11.9 Å². The van der Waals surface area contributed by atoms with Crippen LogP contribution in [0.3, 0.4) is 0 Å². The summed E-state index contributed by atoms with van der Waals surface area (Å²) in [5, 5.41) is 9.30. The van der Waals surface area contributed by atoms with Gasteiger partial charge in [0.05, 0.1) is 11.6 Å². The summed E-state index contributed by atoms with van der Waals surface area (Å²) in [6.07, 6.45) is 1.50. The molecule has 1 aliphatic heterocycles. The van der Waals surface area contributed by atoms with Crippen LogP contribution in [-0.4, -0.2) is 11.8 Å². The minimum absolute atomic E-state index is 0.000317. The second-order valence-electron chi connectivity index (χ2n) is 5.01. The van der Waals surface area contributed by atoms with Crippen LogP contribution >= 0.6 is 11.6 Å². The van der Waals surface area contributed by atoms with Crippen molar-refractivity contribution in [2.75, 3.05) is 0 Å². The molecule has 1 heterocycles. The standard InChI is InChI=1S/C18H10ClNO3/c19-14-7-5-13(6-8-14)16-17(21)15(23-18(16)22)9-11-1-3-12(10-20)4-2-11/h1-9,16H. The van der Waals surface area contributed by atoms with Gasteiger partial charge >= 0.3 is 5.97 Å². The van der Waals surface area contributed by atoms with Gasteiger partial charge in [0.2, 0.25) is 5.78 Å². The SMILES string of the molecule is N#Cc1ccc(C=C2OC(=O)C(c3ccc(Cl)cc3)C2=O)cc1. The molecule has 3 rings (SSSR count). The summed E-state index contributed by atoms with van der Waals surface area (Å²) in [7, 11) is 0. The molecule has 112 valence electrons. The van der Waals surface area contributed by atoms with Crippen LogP contribution in [0.4, 0.5) is 0 Å². The van der Waals surface area contributed by atoms with Crippen molar-refractivity contribution in [2.45, 2.75) is 5.92 Å². The Bertz CT molecular complexity index is 845. The van der Waals surface area contributed by atoms with Crippen LogP contribution in [0.25, 0.3) is 6.08 Å². The van der Waals surface area contributed by atoms with Crippen molar-refractivity contribution in [3.05, 3.63) is 76.0 Å². The van der Waals surface area contributed by atoms with Crippen molar-refractivity contribution in [3.63, 3.8) is 0 Å². The van der Waals surface area contributed by atoms with E-state index in [0.717, 1.165) is 0 Å². The largest absolute Gasteiger partial charge is 0.422 e. The lowest BCUT2D eigenvalue weighted by Gasteiger charge is -2.03. The fraction of sp³-hybridized carbons (Fsp3) is 0.0556. The molecular formula is C18H10ClNO3. The third kappa shape index (κ3) is 3.01. The third-order valence-electron chi connectivity index (χ3n) is 3.49. The number of ketones is 1. The van der Waals surface area contributed by atoms with E-state index in [1.807, 2.05) is 6.07 Å². The van der Waals surface area contributed by atoms with E-state index in [1.54, 1.807) is 48.5 Å². The number of rotatable bonds is 2. The summed E-state index contributed by atoms with van der Waals surface area (Å²) in [6.45, 7) is 0. The first kappa shape index (κ1) is 15.0. The molecule has 0 radical (unpaired) electrons. The first-order chi connectivity index (χ1) is 11.1. The van der Waals surface area contributed by atoms with Gasteiger partial charge in [0, 0.05) is 5.02 Å². The Balaban J connectivity index is 1.89. The zero-order valence-electron chi connectivity index (χ0n) is 11.8. The Morgan fingerprint density at radius 3 is 2.30 bits per heavy atom. The fourth-order valence-electron chi connectivity index (χ4n) is 2.32. The molecular weight excluding hydrogens is 314 g/mol. The molecule has 1 aliphatic rings. The van der Waals surface area contributed by atoms with Gasteiger partial charge < -0.3 is 4.74 Å². The zero-order valence-corrected chi connectivity index (χ0v) is 12.6. The quantitative estimate of drug-likeness (QED) is 0.482. The smallest absolute Gasteiger partial charge is 0.327 e. The zero-order chi connectivity index (χ0) is 16.4. The first-order valence-corrected chi connectivity index (χ1v) is 7.19. The number of Topliss-reactive ketones (excluding diaryl/α,β-unsaturated/α-hetero) is 1. The molecule has 0 saturated carbocycles. The highest BCUT2D eigenvalue weighted by Crippen LogP contribution is 2.31. The number of allylic oxidation sites excluding steroid dienone is 1. The van der Waals surface area contributed by atoms with Crippen molar-refractivity contribution >= 4 is 29.4 Å². The van der Waals surface area contributed by atoms with Gasteiger partial charge in [-0.2, -0.15) is 5.26 Å². The number of cyclic esters (lactones) is 1. The number of carbonyl (C=O) groups is 2. The van der Waals surface area contributed by atoms with Gasteiger partial charge in [0.1, 0.15) is 5.92 Å². The van der Waals surface area contributed by atoms with Gasteiger partial charge in [0.15, 0.2) is 5.76 Å². The molecule has 1 unspecified atom stereocenters. The van der Waals surface area contributed by atoms with Gasteiger partial charge in [-0.15, -0.1) is 0 Å². The lowest BCUT2D eigenvalue weighted by molar-refractivity contribution is -0.136. The lowest BCUT2D eigenvalue weighted by Crippen LogP contribution is -2.12. The van der Waals surface area contributed by atoms with Crippen molar-refractivity contribution in [2.24, 2.45) is 0 Å². The molecule has 23 heavy (non-hydrogen) atoms. The minimum atomic E-state index is -0.961. The molecule has 0 N–H and O–H groups in total. The predicted octanol–water partition coefficient (Wildman–Crippen LogP) is 3.46. The van der Waals surface area contributed by atoms with Gasteiger partial charge in [-0.1, -0.05) is 35.9 Å². The number of esters is 1. The lowest BCUT2D eigenvalue weighted by atomic mass is 9.95. The minimum Gasteiger partial charge on any atom is -0.422 e. The van der Waals surface area contributed by atoms with Gasteiger partial charge in [-0.3, -0.25) is 9.59 Å². The number of benzene rings is 2. The van der Waals surface area contributed by atoms with E-state index in [0.29, 0.717) is 21.7 Å². The Morgan fingerprint density at radius 2 is 1.70 bits per heavy atom. The summed E-state index contributed by atoms with van der Waals surface area (Å²) < 4.78 is 5.11. The molecule has 0 bridgehead atoms. The van der Waals surface area contributed by atoms with Crippen LogP contribution < -0.4 is 0 Å². The highest BCUT2D eigenvalue weighted by Gasteiger charge is 2.40. The number of hydrogen-bond donors (Lipinski definition) is 0. The molecule has 0 aliphatic carbocycles. The molecule has 1 fully saturated rings. The second-order valence-corrected chi connectivity index (χ2v) is 5.45. The van der Waals surface area contributed by atoms with E-state index in [2.05, 4.69) is 0 Å². The highest BCUT2D eigenvalue weighted by molar-refractivity contribution is 6.30. The van der Waals surface area contributed by atoms with Crippen molar-refractivity contribution in [1.82, 2.24) is 0 Å². The topological polar surface area (TPSA) is 67.2 Å². The highest BCUT2D eigenvalue weighted by atomic mass is 35.5. The molecule has 0 aromatic heterocycles. The summed E-state index contributed by atoms with van der Waals surface area (Å²) >= 11 is 5.82. The van der Waals surface area contributed by atoms with Crippen molar-refractivity contribution < 1.29 is 14.3 Å². The van der Waals surface area contributed by atoms with Crippen LogP contribution in [0.5, 0.6) is 0 Å². The van der Waals surface area contributed by atoms with Crippen LogP contribution in [0.1, 0.15) is 22.6 Å². The van der Waals surface area contributed by atoms with E-state index in [1.165, 1.54) is 6.08 Å². The molecule has 0 spiro atoms. The summed E-state index contributed by atoms with van der Waals surface area (Å²) in [4.78, 5) is 24.4. The maximum atomic E-state index is 12.4. The van der Waals surface area contributed by atoms with Crippen LogP contribution in [0.15, 0.2) is 54.3 Å². The molecule has 4 nitrogen and oxygen atoms in total. The Labute approximate surface area is 137 Å². The molecule has 0 amide bonds. The normalized spacial score (nSPS) is 18.8. The monoisotopic (exact) mass is 323 g/mol. The number of nitriles is 1. The van der Waals surface area contributed by atoms with E-state index in [-0.39, 0.29) is 11.5 Å². The number of hydrogen-bond acceptors (Lipinski definition) is 4. The van der Waals surface area contributed by atoms with Crippen molar-refractivity contribution in [3.8, 4) is 6.07 Å². The second kappa shape index (κ2) is 6.07. The maximum Gasteiger partial charge on any atom is 0.327 e. The number of nitrogens with zero attached hydrogens (tertiary/aromatic N) is 1. The number of carbonyl (C=O) groups excluding carboxylic acids is 2. The molecule has 2 aromatic carbocycles. The average molecular weight is 324 g/mol. The molecule has 5 heteroatoms. The van der Waals surface area contributed by atoms with Crippen molar-refractivity contribution in [1.29, 1.82) is 5.26 Å². The predicted molar refractivity (Wildman–Crippen MR) is 84.4 cm³/mol. The average Bonchev–Trinajstić information content (AvgIpc) is 2.83. The fourth-order valence-corrected chi connectivity index (χ4v) is 2.44. The summed E-state index contributed by atoms with van der Waals surface area (Å²) in [5.74, 6) is -1.95.